The van der Waals surface area contributed by atoms with Crippen molar-refractivity contribution < 1.29 is 8.42 Å². The molecule has 0 atom stereocenters. The fraction of sp³-hybridized carbons (Fsp3) is 0.385. The van der Waals surface area contributed by atoms with E-state index in [-0.39, 0.29) is 0 Å². The van der Waals surface area contributed by atoms with Crippen molar-refractivity contribution >= 4 is 15.4 Å². The number of fused-ring (bicyclic) bond motifs is 1. The Labute approximate surface area is 102 Å². The van der Waals surface area contributed by atoms with E-state index in [0.29, 0.717) is 17.5 Å². The molecule has 17 heavy (non-hydrogen) atoms. The fourth-order valence-corrected chi connectivity index (χ4v) is 3.59. The number of rotatable bonds is 3. The van der Waals surface area contributed by atoms with Crippen molar-refractivity contribution in [3.05, 3.63) is 34.7 Å². The van der Waals surface area contributed by atoms with E-state index in [9.17, 15) is 8.42 Å². The Morgan fingerprint density at radius 3 is 2.65 bits per heavy atom. The maximum absolute atomic E-state index is 12.0. The van der Waals surface area contributed by atoms with E-state index in [1.807, 2.05) is 26.8 Å². The summed E-state index contributed by atoms with van der Waals surface area (Å²) in [6.07, 6.45) is 0. The number of aryl methyl sites for hydroxylation is 1. The molecule has 1 aliphatic rings. The quantitative estimate of drug-likeness (QED) is 0.895. The highest BCUT2D eigenvalue weighted by Gasteiger charge is 2.27. The van der Waals surface area contributed by atoms with Gasteiger partial charge in [-0.1, -0.05) is 26.0 Å². The van der Waals surface area contributed by atoms with Crippen LogP contribution < -0.4 is 5.32 Å². The van der Waals surface area contributed by atoms with Crippen molar-refractivity contribution in [2.75, 3.05) is 6.54 Å². The minimum atomic E-state index is -3.23. The monoisotopic (exact) mass is 251 g/mol. The van der Waals surface area contributed by atoms with Gasteiger partial charge in [0.2, 0.25) is 9.84 Å². The lowest BCUT2D eigenvalue weighted by Gasteiger charge is -2.11. The highest BCUT2D eigenvalue weighted by molar-refractivity contribution is 7.95. The summed E-state index contributed by atoms with van der Waals surface area (Å²) in [4.78, 5) is 0.443. The molecule has 1 aromatic carbocycles. The molecule has 0 fully saturated rings. The summed E-state index contributed by atoms with van der Waals surface area (Å²) in [7, 11) is -3.23. The summed E-state index contributed by atoms with van der Waals surface area (Å²) in [6.45, 7) is 6.63. The second kappa shape index (κ2) is 4.27. The van der Waals surface area contributed by atoms with Crippen LogP contribution in [0.3, 0.4) is 0 Å². The van der Waals surface area contributed by atoms with Gasteiger partial charge in [-0.25, -0.2) is 8.42 Å². The number of hydrogen-bond acceptors (Lipinski definition) is 3. The molecule has 1 aromatic rings. The van der Waals surface area contributed by atoms with Gasteiger partial charge in [0.25, 0.3) is 0 Å². The molecule has 1 heterocycles. The largest absolute Gasteiger partial charge is 0.310 e. The Morgan fingerprint density at radius 2 is 2.00 bits per heavy atom. The molecule has 0 saturated heterocycles. The molecular weight excluding hydrogens is 234 g/mol. The van der Waals surface area contributed by atoms with Crippen LogP contribution in [0, 0.1) is 6.92 Å². The van der Waals surface area contributed by atoms with E-state index in [2.05, 4.69) is 5.32 Å². The van der Waals surface area contributed by atoms with Gasteiger partial charge in [0.15, 0.2) is 0 Å². The third kappa shape index (κ3) is 2.28. The highest BCUT2D eigenvalue weighted by atomic mass is 32.2. The first kappa shape index (κ1) is 12.3. The molecule has 4 heteroatoms. The summed E-state index contributed by atoms with van der Waals surface area (Å²) < 4.78 is 23.9. The third-order valence-corrected chi connectivity index (χ3v) is 4.41. The average Bonchev–Trinajstić information content (AvgIpc) is 2.49. The minimum Gasteiger partial charge on any atom is -0.310 e. The molecule has 0 radical (unpaired) electrons. The van der Waals surface area contributed by atoms with Crippen LogP contribution in [0.2, 0.25) is 0 Å². The zero-order valence-electron chi connectivity index (χ0n) is 10.3. The van der Waals surface area contributed by atoms with E-state index in [0.717, 1.165) is 16.7 Å². The maximum Gasteiger partial charge on any atom is 0.200 e. The number of sulfone groups is 1. The molecule has 0 amide bonds. The lowest BCUT2D eigenvalue weighted by molar-refractivity contribution is 0.605. The van der Waals surface area contributed by atoms with Crippen LogP contribution in [0.5, 0.6) is 0 Å². The summed E-state index contributed by atoms with van der Waals surface area (Å²) in [5.74, 6) is 0. The number of hydrogen-bond donors (Lipinski definition) is 1. The van der Waals surface area contributed by atoms with Crippen molar-refractivity contribution in [1.29, 1.82) is 0 Å². The second-order valence-electron chi connectivity index (χ2n) is 4.67. The van der Waals surface area contributed by atoms with Gasteiger partial charge in [-0.3, -0.25) is 0 Å². The van der Waals surface area contributed by atoms with Crippen LogP contribution in [-0.4, -0.2) is 21.0 Å². The molecule has 92 valence electrons. The lowest BCUT2D eigenvalue weighted by Crippen LogP contribution is -2.24. The van der Waals surface area contributed by atoms with E-state index in [4.69, 9.17) is 0 Å². The van der Waals surface area contributed by atoms with Crippen LogP contribution in [0.15, 0.2) is 28.5 Å². The molecule has 2 rings (SSSR count). The molecule has 0 aliphatic carbocycles. The van der Waals surface area contributed by atoms with Gasteiger partial charge in [0.05, 0.1) is 4.90 Å². The maximum atomic E-state index is 12.0. The predicted molar refractivity (Wildman–Crippen MR) is 69.5 cm³/mol. The standard InChI is InChI=1S/C13H17NO2S/c1-9(2)14-7-11-8-17(15,16)12-6-4-5-10(3)13(11)12/h4-6,8-9,14H,7H2,1-3H3. The van der Waals surface area contributed by atoms with Gasteiger partial charge < -0.3 is 5.32 Å². The molecular formula is C13H17NO2S. The summed E-state index contributed by atoms with van der Waals surface area (Å²) in [5.41, 5.74) is 2.76. The van der Waals surface area contributed by atoms with Gasteiger partial charge >= 0.3 is 0 Å². The predicted octanol–water partition coefficient (Wildman–Crippen LogP) is 2.12. The Bertz CT molecular complexity index is 571. The SMILES string of the molecule is Cc1cccc2c1C(CNC(C)C)=CS2(=O)=O. The van der Waals surface area contributed by atoms with Crippen LogP contribution in [0.25, 0.3) is 5.57 Å². The van der Waals surface area contributed by atoms with E-state index in [1.54, 1.807) is 12.1 Å². The van der Waals surface area contributed by atoms with Crippen molar-refractivity contribution in [2.45, 2.75) is 31.7 Å². The van der Waals surface area contributed by atoms with Crippen LogP contribution in [0.1, 0.15) is 25.0 Å². The zero-order chi connectivity index (χ0) is 12.6. The Kier molecular flexibility index (Phi) is 3.10. The molecule has 0 bridgehead atoms. The van der Waals surface area contributed by atoms with Crippen molar-refractivity contribution in [1.82, 2.24) is 5.32 Å². The Morgan fingerprint density at radius 1 is 1.29 bits per heavy atom. The fourth-order valence-electron chi connectivity index (χ4n) is 2.04. The third-order valence-electron chi connectivity index (χ3n) is 2.86. The summed E-state index contributed by atoms with van der Waals surface area (Å²) in [6, 6.07) is 5.75. The molecule has 1 aliphatic heterocycles. The molecule has 0 spiro atoms. The average molecular weight is 251 g/mol. The van der Waals surface area contributed by atoms with Crippen molar-refractivity contribution in [3.63, 3.8) is 0 Å². The topological polar surface area (TPSA) is 46.2 Å². The van der Waals surface area contributed by atoms with E-state index in [1.165, 1.54) is 5.41 Å². The van der Waals surface area contributed by atoms with Crippen LogP contribution >= 0.6 is 0 Å². The molecule has 3 nitrogen and oxygen atoms in total. The van der Waals surface area contributed by atoms with Gasteiger partial charge in [-0.15, -0.1) is 0 Å². The lowest BCUT2D eigenvalue weighted by atomic mass is 10.0. The Hall–Kier alpha value is -1.13. The zero-order valence-corrected chi connectivity index (χ0v) is 11.1. The van der Waals surface area contributed by atoms with E-state index < -0.39 is 9.84 Å². The smallest absolute Gasteiger partial charge is 0.200 e. The number of benzene rings is 1. The normalized spacial score (nSPS) is 17.1. The van der Waals surface area contributed by atoms with Gasteiger partial charge in [-0.2, -0.15) is 0 Å². The van der Waals surface area contributed by atoms with Crippen LogP contribution in [0.4, 0.5) is 0 Å². The second-order valence-corrected chi connectivity index (χ2v) is 6.44. The molecule has 0 saturated carbocycles. The minimum absolute atomic E-state index is 0.340. The first-order valence-electron chi connectivity index (χ1n) is 5.71. The molecule has 0 aromatic heterocycles. The van der Waals surface area contributed by atoms with Crippen molar-refractivity contribution in [3.8, 4) is 0 Å². The highest BCUT2D eigenvalue weighted by Crippen LogP contribution is 2.35. The van der Waals surface area contributed by atoms with Crippen molar-refractivity contribution in [2.24, 2.45) is 0 Å². The Balaban J connectivity index is 2.45. The molecule has 0 unspecified atom stereocenters. The number of nitrogens with one attached hydrogen (secondary N) is 1. The molecule has 1 N–H and O–H groups in total. The van der Waals surface area contributed by atoms with Crippen LogP contribution in [-0.2, 0) is 9.84 Å². The van der Waals surface area contributed by atoms with Gasteiger partial charge in [-0.05, 0) is 24.1 Å². The first-order valence-corrected chi connectivity index (χ1v) is 7.25. The summed E-state index contributed by atoms with van der Waals surface area (Å²) in [5, 5.41) is 4.65. The summed E-state index contributed by atoms with van der Waals surface area (Å²) >= 11 is 0. The van der Waals surface area contributed by atoms with Gasteiger partial charge in [0, 0.05) is 23.6 Å². The van der Waals surface area contributed by atoms with Gasteiger partial charge in [0.1, 0.15) is 0 Å². The van der Waals surface area contributed by atoms with E-state index >= 15 is 0 Å². The first-order chi connectivity index (χ1) is 7.92.